The van der Waals surface area contributed by atoms with Crippen LogP contribution in [0.5, 0.6) is 0 Å². The van der Waals surface area contributed by atoms with Gasteiger partial charge < -0.3 is 5.32 Å². The molecule has 20 heavy (non-hydrogen) atoms. The number of hydrogen-bond acceptors (Lipinski definition) is 3. The van der Waals surface area contributed by atoms with Crippen LogP contribution in [0.2, 0.25) is 0 Å². The van der Waals surface area contributed by atoms with Crippen molar-refractivity contribution in [1.29, 1.82) is 0 Å². The molecule has 1 aliphatic heterocycles. The van der Waals surface area contributed by atoms with Crippen molar-refractivity contribution in [3.63, 3.8) is 0 Å². The van der Waals surface area contributed by atoms with Gasteiger partial charge in [0.15, 0.2) is 0 Å². The Bertz CT molecular complexity index is 394. The molecule has 1 heterocycles. The molecular weight excluding hydrogens is 271 g/mol. The Balaban J connectivity index is 1.66. The summed E-state index contributed by atoms with van der Waals surface area (Å²) in [6.45, 7) is 8.85. The van der Waals surface area contributed by atoms with Gasteiger partial charge in [-0.05, 0) is 48.9 Å². The van der Waals surface area contributed by atoms with Crippen molar-refractivity contribution >= 4 is 12.1 Å². The zero-order chi connectivity index (χ0) is 14.4. The van der Waals surface area contributed by atoms with Gasteiger partial charge in [-0.15, -0.1) is 0 Å². The van der Waals surface area contributed by atoms with Gasteiger partial charge in [0.25, 0.3) is 0 Å². The third kappa shape index (κ3) is 5.08. The lowest BCUT2D eigenvalue weighted by atomic mass is 9.97. The largest absolute Gasteiger partial charge is 0.300 e. The van der Waals surface area contributed by atoms with E-state index in [1.165, 1.54) is 31.5 Å². The molecule has 2 rings (SSSR count). The van der Waals surface area contributed by atoms with E-state index < -0.39 is 0 Å². The predicted molar refractivity (Wildman–Crippen MR) is 84.2 cm³/mol. The molecule has 4 heteroatoms. The molecule has 1 saturated heterocycles. The summed E-state index contributed by atoms with van der Waals surface area (Å²) in [5, 5.41) is 3.48. The van der Waals surface area contributed by atoms with E-state index >= 15 is 0 Å². The van der Waals surface area contributed by atoms with Crippen molar-refractivity contribution in [3.8, 4) is 0 Å². The van der Waals surface area contributed by atoms with Crippen molar-refractivity contribution in [2.75, 3.05) is 19.8 Å². The summed E-state index contributed by atoms with van der Waals surface area (Å²) in [4.78, 5) is 3.17. The van der Waals surface area contributed by atoms with Crippen LogP contribution >= 0.6 is 12.1 Å². The lowest BCUT2D eigenvalue weighted by Crippen LogP contribution is -2.32. The van der Waals surface area contributed by atoms with E-state index in [-0.39, 0.29) is 0 Å². The molecule has 0 bridgehead atoms. The summed E-state index contributed by atoms with van der Waals surface area (Å²) in [7, 11) is 0. The summed E-state index contributed by atoms with van der Waals surface area (Å²) in [5.74, 6) is 1.68. The lowest BCUT2D eigenvalue weighted by Gasteiger charge is -2.17. The van der Waals surface area contributed by atoms with Crippen molar-refractivity contribution in [2.45, 2.75) is 38.1 Å². The number of rotatable bonds is 7. The molecule has 0 radical (unpaired) electrons. The first-order valence-corrected chi connectivity index (χ1v) is 8.19. The quantitative estimate of drug-likeness (QED) is 0.816. The number of halogens is 1. The Morgan fingerprint density at radius 2 is 2.10 bits per heavy atom. The molecule has 0 amide bonds. The Morgan fingerprint density at radius 3 is 2.75 bits per heavy atom. The van der Waals surface area contributed by atoms with Crippen molar-refractivity contribution in [1.82, 2.24) is 10.2 Å². The van der Waals surface area contributed by atoms with Crippen molar-refractivity contribution in [3.05, 3.63) is 29.8 Å². The topological polar surface area (TPSA) is 15.3 Å². The van der Waals surface area contributed by atoms with Gasteiger partial charge >= 0.3 is 0 Å². The summed E-state index contributed by atoms with van der Waals surface area (Å²) in [5.41, 5.74) is 1.21. The van der Waals surface area contributed by atoms with Crippen molar-refractivity contribution < 1.29 is 3.89 Å². The number of hydrogen-bond donors (Lipinski definition) is 1. The van der Waals surface area contributed by atoms with E-state index in [1.807, 2.05) is 24.3 Å². The van der Waals surface area contributed by atoms with Gasteiger partial charge in [-0.1, -0.05) is 26.0 Å². The molecule has 112 valence electrons. The van der Waals surface area contributed by atoms with Crippen LogP contribution in [0.15, 0.2) is 29.2 Å². The van der Waals surface area contributed by atoms with E-state index in [9.17, 15) is 3.89 Å². The summed E-state index contributed by atoms with van der Waals surface area (Å²) < 4.78 is 12.3. The molecular formula is C16H25FN2S. The van der Waals surface area contributed by atoms with Crippen LogP contribution < -0.4 is 5.32 Å². The molecule has 1 unspecified atom stereocenters. The highest BCUT2D eigenvalue weighted by Gasteiger charge is 2.22. The third-order valence-electron chi connectivity index (χ3n) is 3.85. The van der Waals surface area contributed by atoms with Crippen molar-refractivity contribution in [2.24, 2.45) is 11.8 Å². The van der Waals surface area contributed by atoms with E-state index in [4.69, 9.17) is 0 Å². The summed E-state index contributed by atoms with van der Waals surface area (Å²) in [6.07, 6.45) is 2.68. The van der Waals surface area contributed by atoms with Gasteiger partial charge in [0.1, 0.15) is 0 Å². The van der Waals surface area contributed by atoms with E-state index in [0.29, 0.717) is 17.0 Å². The second-order valence-corrected chi connectivity index (χ2v) is 6.79. The average molecular weight is 296 g/mol. The maximum absolute atomic E-state index is 12.3. The van der Waals surface area contributed by atoms with Gasteiger partial charge in [0.2, 0.25) is 0 Å². The van der Waals surface area contributed by atoms with E-state index in [1.54, 1.807) is 0 Å². The minimum atomic E-state index is 0.298. The Kier molecular flexibility index (Phi) is 6.33. The van der Waals surface area contributed by atoms with Gasteiger partial charge in [0.05, 0.1) is 12.1 Å². The monoisotopic (exact) mass is 296 g/mol. The molecule has 2 nitrogen and oxygen atoms in total. The third-order valence-corrected chi connectivity index (χ3v) is 4.30. The number of nitrogens with zero attached hydrogens (tertiary/aromatic N) is 1. The number of nitrogens with one attached hydrogen (secondary N) is 1. The van der Waals surface area contributed by atoms with Crippen LogP contribution in [-0.4, -0.2) is 24.7 Å². The molecule has 0 aromatic heterocycles. The van der Waals surface area contributed by atoms with E-state index in [2.05, 4.69) is 24.1 Å². The first-order valence-electron chi connectivity index (χ1n) is 7.48. The number of likely N-dealkylation sites (tertiary alicyclic amines) is 1. The van der Waals surface area contributed by atoms with Gasteiger partial charge in [-0.25, -0.2) is 0 Å². The summed E-state index contributed by atoms with van der Waals surface area (Å²) in [6, 6.07) is 7.63. The van der Waals surface area contributed by atoms with Crippen LogP contribution in [0.4, 0.5) is 3.89 Å². The zero-order valence-electron chi connectivity index (χ0n) is 12.4. The highest BCUT2D eigenvalue weighted by molar-refractivity contribution is 7.94. The Morgan fingerprint density at radius 1 is 1.35 bits per heavy atom. The normalized spacial score (nSPS) is 19.9. The first-order chi connectivity index (χ1) is 9.67. The van der Waals surface area contributed by atoms with Crippen LogP contribution in [0.3, 0.4) is 0 Å². The minimum Gasteiger partial charge on any atom is -0.300 e. The summed E-state index contributed by atoms with van der Waals surface area (Å²) >= 11 is 0.298. The first kappa shape index (κ1) is 15.8. The van der Waals surface area contributed by atoms with Crippen LogP contribution in [0.25, 0.3) is 0 Å². The highest BCUT2D eigenvalue weighted by Crippen LogP contribution is 2.22. The maximum atomic E-state index is 12.3. The SMILES string of the molecule is CC(C)CC1CCN(CNCc2ccc(SF)cc2)C1. The van der Waals surface area contributed by atoms with Crippen LogP contribution in [-0.2, 0) is 6.54 Å². The fourth-order valence-corrected chi connectivity index (χ4v) is 3.17. The zero-order valence-corrected chi connectivity index (χ0v) is 13.3. The Hall–Kier alpha value is -0.580. The standard InChI is InChI=1S/C16H25FN2S/c1-13(2)9-15-7-8-19(11-15)12-18-10-14-3-5-16(20-17)6-4-14/h3-6,13,15,18H,7-12H2,1-2H3. The van der Waals surface area contributed by atoms with Gasteiger partial charge in [-0.2, -0.15) is 3.89 Å². The second kappa shape index (κ2) is 8.01. The lowest BCUT2D eigenvalue weighted by molar-refractivity contribution is 0.288. The molecule has 1 N–H and O–H groups in total. The fourth-order valence-electron chi connectivity index (χ4n) is 2.93. The Labute approximate surface area is 126 Å². The smallest absolute Gasteiger partial charge is 0.0812 e. The molecule has 1 atom stereocenters. The molecule has 1 aromatic carbocycles. The molecule has 1 fully saturated rings. The minimum absolute atomic E-state index is 0.298. The molecule has 1 aromatic rings. The van der Waals surface area contributed by atoms with E-state index in [0.717, 1.165) is 25.0 Å². The average Bonchev–Trinajstić information content (AvgIpc) is 2.86. The van der Waals surface area contributed by atoms with Gasteiger partial charge in [-0.3, -0.25) is 4.90 Å². The van der Waals surface area contributed by atoms with Crippen LogP contribution in [0, 0.1) is 11.8 Å². The number of benzene rings is 1. The predicted octanol–water partition coefficient (Wildman–Crippen LogP) is 4.08. The van der Waals surface area contributed by atoms with Gasteiger partial charge in [0, 0.05) is 24.7 Å². The molecule has 0 saturated carbocycles. The second-order valence-electron chi connectivity index (χ2n) is 6.17. The molecule has 0 spiro atoms. The molecule has 1 aliphatic rings. The maximum Gasteiger partial charge on any atom is 0.0812 e. The highest BCUT2D eigenvalue weighted by atomic mass is 32.2. The molecule has 0 aliphatic carbocycles. The van der Waals surface area contributed by atoms with Crippen LogP contribution in [0.1, 0.15) is 32.3 Å². The fraction of sp³-hybridized carbons (Fsp3) is 0.625.